The van der Waals surface area contributed by atoms with Gasteiger partial charge in [-0.05, 0) is 24.1 Å². The Morgan fingerprint density at radius 1 is 1.15 bits per heavy atom. The Hall–Kier alpha value is -2.23. The molecule has 0 fully saturated rings. The van der Waals surface area contributed by atoms with Crippen molar-refractivity contribution in [2.75, 3.05) is 0 Å². The zero-order valence-electron chi connectivity index (χ0n) is 11.1. The number of halogens is 2. The van der Waals surface area contributed by atoms with Gasteiger partial charge in [0.25, 0.3) is 0 Å². The van der Waals surface area contributed by atoms with E-state index in [1.165, 1.54) is 6.07 Å². The Kier molecular flexibility index (Phi) is 4.45. The van der Waals surface area contributed by atoms with Gasteiger partial charge in [0.05, 0.1) is 12.5 Å². The summed E-state index contributed by atoms with van der Waals surface area (Å²) >= 11 is 0. The van der Waals surface area contributed by atoms with Gasteiger partial charge in [0.2, 0.25) is 5.91 Å². The Labute approximate surface area is 116 Å². The Bertz CT molecular complexity index is 599. The first-order valence-electron chi connectivity index (χ1n) is 6.34. The number of hydrogen-bond donors (Lipinski definition) is 1. The highest BCUT2D eigenvalue weighted by Gasteiger charge is 2.12. The second-order valence-electron chi connectivity index (χ2n) is 4.61. The number of hydrogen-bond acceptors (Lipinski definition) is 1. The van der Waals surface area contributed by atoms with Crippen LogP contribution in [0.25, 0.3) is 0 Å². The maximum absolute atomic E-state index is 13.5. The van der Waals surface area contributed by atoms with Gasteiger partial charge in [-0.2, -0.15) is 0 Å². The molecule has 104 valence electrons. The van der Waals surface area contributed by atoms with Gasteiger partial charge in [-0.25, -0.2) is 8.78 Å². The summed E-state index contributed by atoms with van der Waals surface area (Å²) in [5, 5.41) is 2.79. The standard InChI is InChI=1S/C16H15F2NO/c1-11(12-5-3-2-4-6-12)19-16(20)9-13-7-8-14(17)10-15(13)18/h2-8,10-11H,9H2,1H3,(H,19,20). The van der Waals surface area contributed by atoms with Crippen molar-refractivity contribution < 1.29 is 13.6 Å². The number of carbonyl (C=O) groups is 1. The maximum Gasteiger partial charge on any atom is 0.225 e. The molecule has 2 nitrogen and oxygen atoms in total. The highest BCUT2D eigenvalue weighted by Crippen LogP contribution is 2.13. The van der Waals surface area contributed by atoms with Crippen molar-refractivity contribution in [1.82, 2.24) is 5.32 Å². The third kappa shape index (κ3) is 3.63. The van der Waals surface area contributed by atoms with Gasteiger partial charge in [-0.3, -0.25) is 4.79 Å². The molecule has 0 aromatic heterocycles. The lowest BCUT2D eigenvalue weighted by molar-refractivity contribution is -0.121. The highest BCUT2D eigenvalue weighted by atomic mass is 19.1. The Balaban J connectivity index is 1.99. The second-order valence-corrected chi connectivity index (χ2v) is 4.61. The summed E-state index contributed by atoms with van der Waals surface area (Å²) in [6.45, 7) is 1.86. The van der Waals surface area contributed by atoms with Crippen molar-refractivity contribution in [1.29, 1.82) is 0 Å². The van der Waals surface area contributed by atoms with Crippen LogP contribution in [0.1, 0.15) is 24.1 Å². The zero-order valence-corrected chi connectivity index (χ0v) is 11.1. The first kappa shape index (κ1) is 14.2. The normalized spacial score (nSPS) is 11.9. The molecule has 0 radical (unpaired) electrons. The topological polar surface area (TPSA) is 29.1 Å². The quantitative estimate of drug-likeness (QED) is 0.910. The van der Waals surface area contributed by atoms with Crippen molar-refractivity contribution in [3.8, 4) is 0 Å². The molecule has 0 bridgehead atoms. The lowest BCUT2D eigenvalue weighted by Gasteiger charge is -2.14. The van der Waals surface area contributed by atoms with E-state index in [1.807, 2.05) is 37.3 Å². The number of benzene rings is 2. The molecular formula is C16H15F2NO. The summed E-state index contributed by atoms with van der Waals surface area (Å²) in [5.41, 5.74) is 1.16. The SMILES string of the molecule is CC(NC(=O)Cc1ccc(F)cc1F)c1ccccc1. The molecule has 1 unspecified atom stereocenters. The Morgan fingerprint density at radius 2 is 1.85 bits per heavy atom. The first-order valence-corrected chi connectivity index (χ1v) is 6.34. The third-order valence-electron chi connectivity index (χ3n) is 3.04. The van der Waals surface area contributed by atoms with Gasteiger partial charge in [-0.1, -0.05) is 36.4 Å². The molecule has 1 atom stereocenters. The molecule has 0 aliphatic rings. The van der Waals surface area contributed by atoms with E-state index in [0.717, 1.165) is 17.7 Å². The van der Waals surface area contributed by atoms with Crippen LogP contribution in [0.3, 0.4) is 0 Å². The first-order chi connectivity index (χ1) is 9.56. The van der Waals surface area contributed by atoms with E-state index in [0.29, 0.717) is 0 Å². The number of nitrogens with one attached hydrogen (secondary N) is 1. The van der Waals surface area contributed by atoms with Crippen LogP contribution in [0, 0.1) is 11.6 Å². The van der Waals surface area contributed by atoms with E-state index < -0.39 is 11.6 Å². The fourth-order valence-corrected chi connectivity index (χ4v) is 1.96. The average Bonchev–Trinajstić information content (AvgIpc) is 2.43. The molecule has 1 amide bonds. The van der Waals surface area contributed by atoms with Gasteiger partial charge < -0.3 is 5.32 Å². The van der Waals surface area contributed by atoms with Gasteiger partial charge in [-0.15, -0.1) is 0 Å². The summed E-state index contributed by atoms with van der Waals surface area (Å²) in [6.07, 6.45) is -0.108. The van der Waals surface area contributed by atoms with Crippen molar-refractivity contribution in [2.24, 2.45) is 0 Å². The summed E-state index contributed by atoms with van der Waals surface area (Å²) in [6, 6.07) is 12.5. The minimum absolute atomic E-state index is 0.108. The van der Waals surface area contributed by atoms with Crippen LogP contribution >= 0.6 is 0 Å². The number of amides is 1. The van der Waals surface area contributed by atoms with Crippen LogP contribution in [0.4, 0.5) is 8.78 Å². The molecule has 1 N–H and O–H groups in total. The maximum atomic E-state index is 13.5. The van der Waals surface area contributed by atoms with Crippen LogP contribution in [0.15, 0.2) is 48.5 Å². The molecular weight excluding hydrogens is 260 g/mol. The third-order valence-corrected chi connectivity index (χ3v) is 3.04. The monoisotopic (exact) mass is 275 g/mol. The summed E-state index contributed by atoms with van der Waals surface area (Å²) in [4.78, 5) is 11.9. The molecule has 0 aliphatic carbocycles. The average molecular weight is 275 g/mol. The van der Waals surface area contributed by atoms with Crippen molar-refractivity contribution >= 4 is 5.91 Å². The fraction of sp³-hybridized carbons (Fsp3) is 0.188. The number of carbonyl (C=O) groups excluding carboxylic acids is 1. The lowest BCUT2D eigenvalue weighted by Crippen LogP contribution is -2.28. The lowest BCUT2D eigenvalue weighted by atomic mass is 10.1. The van der Waals surface area contributed by atoms with Gasteiger partial charge in [0.15, 0.2) is 0 Å². The predicted octanol–water partition coefficient (Wildman–Crippen LogP) is 3.38. The molecule has 0 aliphatic heterocycles. The van der Waals surface area contributed by atoms with Crippen molar-refractivity contribution in [2.45, 2.75) is 19.4 Å². The molecule has 4 heteroatoms. The number of rotatable bonds is 4. The molecule has 0 saturated carbocycles. The van der Waals surface area contributed by atoms with E-state index in [1.54, 1.807) is 0 Å². The van der Waals surface area contributed by atoms with Crippen LogP contribution < -0.4 is 5.32 Å². The van der Waals surface area contributed by atoms with Gasteiger partial charge in [0, 0.05) is 6.07 Å². The van der Waals surface area contributed by atoms with Crippen LogP contribution in [-0.2, 0) is 11.2 Å². The molecule has 2 rings (SSSR count). The second kappa shape index (κ2) is 6.28. The van der Waals surface area contributed by atoms with E-state index in [9.17, 15) is 13.6 Å². The van der Waals surface area contributed by atoms with Crippen LogP contribution in [-0.4, -0.2) is 5.91 Å². The van der Waals surface area contributed by atoms with Crippen molar-refractivity contribution in [3.05, 3.63) is 71.3 Å². The van der Waals surface area contributed by atoms with E-state index >= 15 is 0 Å². The zero-order chi connectivity index (χ0) is 14.5. The smallest absolute Gasteiger partial charge is 0.225 e. The van der Waals surface area contributed by atoms with Gasteiger partial charge in [0.1, 0.15) is 11.6 Å². The van der Waals surface area contributed by atoms with E-state index in [-0.39, 0.29) is 23.9 Å². The van der Waals surface area contributed by atoms with Crippen LogP contribution in [0.5, 0.6) is 0 Å². The molecule has 20 heavy (non-hydrogen) atoms. The predicted molar refractivity (Wildman–Crippen MR) is 73.1 cm³/mol. The van der Waals surface area contributed by atoms with E-state index in [4.69, 9.17) is 0 Å². The summed E-state index contributed by atoms with van der Waals surface area (Å²) < 4.78 is 26.2. The van der Waals surface area contributed by atoms with Gasteiger partial charge >= 0.3 is 0 Å². The fourth-order valence-electron chi connectivity index (χ4n) is 1.96. The summed E-state index contributed by atoms with van der Waals surface area (Å²) in [5.74, 6) is -1.65. The van der Waals surface area contributed by atoms with Crippen LogP contribution in [0.2, 0.25) is 0 Å². The van der Waals surface area contributed by atoms with Crippen molar-refractivity contribution in [3.63, 3.8) is 0 Å². The molecule has 0 spiro atoms. The molecule has 2 aromatic carbocycles. The highest BCUT2D eigenvalue weighted by molar-refractivity contribution is 5.79. The Morgan fingerprint density at radius 3 is 2.50 bits per heavy atom. The summed E-state index contributed by atoms with van der Waals surface area (Å²) in [7, 11) is 0. The minimum Gasteiger partial charge on any atom is -0.349 e. The molecule has 2 aromatic rings. The van der Waals surface area contributed by atoms with E-state index in [2.05, 4.69) is 5.32 Å². The molecule has 0 saturated heterocycles. The molecule has 0 heterocycles. The largest absolute Gasteiger partial charge is 0.349 e. The minimum atomic E-state index is -0.701.